The fourth-order valence-electron chi connectivity index (χ4n) is 0.939. The van der Waals surface area contributed by atoms with E-state index in [1.807, 2.05) is 0 Å². The highest BCUT2D eigenvalue weighted by Crippen LogP contribution is 2.12. The van der Waals surface area contributed by atoms with E-state index in [0.717, 1.165) is 5.56 Å². The molecule has 1 aromatic carbocycles. The summed E-state index contributed by atoms with van der Waals surface area (Å²) >= 11 is 0. The molecule has 74 valence electrons. The molecular weight excluding hydrogens is 186 g/mol. The van der Waals surface area contributed by atoms with Crippen LogP contribution >= 0.6 is 0 Å². The molecule has 5 heteroatoms. The Labute approximate surface area is 80.5 Å². The number of non-ortho nitro benzene ring substituents is 1. The summed E-state index contributed by atoms with van der Waals surface area (Å²) in [7, 11) is 0. The first-order chi connectivity index (χ1) is 6.74. The average Bonchev–Trinajstić information content (AvgIpc) is 2.19. The van der Waals surface area contributed by atoms with Crippen LogP contribution in [0.1, 0.15) is 5.56 Å². The Morgan fingerprint density at radius 2 is 2.00 bits per heavy atom. The van der Waals surface area contributed by atoms with Gasteiger partial charge in [0, 0.05) is 12.1 Å². The molecule has 0 heterocycles. The number of rotatable bonds is 5. The fourth-order valence-corrected chi connectivity index (χ4v) is 0.939. The Hall–Kier alpha value is -1.75. The lowest BCUT2D eigenvalue weighted by molar-refractivity contribution is -0.384. The minimum Gasteiger partial charge on any atom is -0.369 e. The molecule has 0 N–H and O–H groups in total. The normalized spacial score (nSPS) is 9.71. The molecule has 5 nitrogen and oxygen atoms in total. The van der Waals surface area contributed by atoms with E-state index < -0.39 is 4.92 Å². The minimum absolute atomic E-state index is 0.0387. The highest BCUT2D eigenvalue weighted by Gasteiger charge is 2.03. The number of carbonyl (C=O) groups is 1. The zero-order valence-electron chi connectivity index (χ0n) is 7.38. The number of aldehydes is 1. The maximum absolute atomic E-state index is 10.3. The number of benzene rings is 1. The van der Waals surface area contributed by atoms with Gasteiger partial charge in [-0.2, -0.15) is 0 Å². The molecule has 14 heavy (non-hydrogen) atoms. The third-order valence-corrected chi connectivity index (χ3v) is 1.60. The van der Waals surface area contributed by atoms with Crippen molar-refractivity contribution in [1.29, 1.82) is 0 Å². The van der Waals surface area contributed by atoms with Crippen molar-refractivity contribution >= 4 is 12.0 Å². The van der Waals surface area contributed by atoms with Crippen molar-refractivity contribution < 1.29 is 14.5 Å². The first-order valence-corrected chi connectivity index (χ1v) is 3.98. The van der Waals surface area contributed by atoms with Crippen molar-refractivity contribution in [1.82, 2.24) is 0 Å². The third-order valence-electron chi connectivity index (χ3n) is 1.60. The molecule has 0 aliphatic carbocycles. The van der Waals surface area contributed by atoms with Gasteiger partial charge in [0.25, 0.3) is 5.69 Å². The molecule has 0 atom stereocenters. The number of nitrogens with zero attached hydrogens (tertiary/aromatic N) is 1. The smallest absolute Gasteiger partial charge is 0.269 e. The zero-order valence-corrected chi connectivity index (χ0v) is 7.38. The van der Waals surface area contributed by atoms with Gasteiger partial charge < -0.3 is 9.53 Å². The van der Waals surface area contributed by atoms with E-state index in [-0.39, 0.29) is 18.9 Å². The predicted molar refractivity (Wildman–Crippen MR) is 48.8 cm³/mol. The van der Waals surface area contributed by atoms with Crippen LogP contribution in [0.25, 0.3) is 0 Å². The van der Waals surface area contributed by atoms with E-state index in [0.29, 0.717) is 6.29 Å². The second-order valence-electron chi connectivity index (χ2n) is 2.61. The number of ether oxygens (including phenoxy) is 1. The Morgan fingerprint density at radius 3 is 2.50 bits per heavy atom. The van der Waals surface area contributed by atoms with Crippen LogP contribution in [-0.4, -0.2) is 17.8 Å². The van der Waals surface area contributed by atoms with Crippen LogP contribution in [0.2, 0.25) is 0 Å². The third kappa shape index (κ3) is 2.95. The molecule has 0 amide bonds. The van der Waals surface area contributed by atoms with Gasteiger partial charge in [0.1, 0.15) is 12.9 Å². The summed E-state index contributed by atoms with van der Waals surface area (Å²) in [5.41, 5.74) is 0.849. The molecule has 0 aliphatic heterocycles. The molecule has 1 aromatic rings. The molecule has 0 aromatic heterocycles. The molecule has 0 saturated carbocycles. The topological polar surface area (TPSA) is 69.4 Å². The SMILES string of the molecule is O=CCOCc1ccc([N+](=O)[O-])cc1. The van der Waals surface area contributed by atoms with E-state index in [1.165, 1.54) is 12.1 Å². The number of nitro groups is 1. The Balaban J connectivity index is 2.55. The van der Waals surface area contributed by atoms with Crippen LogP contribution in [0.4, 0.5) is 5.69 Å². The maximum atomic E-state index is 10.3. The van der Waals surface area contributed by atoms with Gasteiger partial charge in [0.2, 0.25) is 0 Å². The van der Waals surface area contributed by atoms with E-state index in [1.54, 1.807) is 12.1 Å². The summed E-state index contributed by atoms with van der Waals surface area (Å²) in [6.07, 6.45) is 0.658. The Morgan fingerprint density at radius 1 is 1.36 bits per heavy atom. The summed E-state index contributed by atoms with van der Waals surface area (Å²) in [6, 6.07) is 6.01. The largest absolute Gasteiger partial charge is 0.369 e. The lowest BCUT2D eigenvalue weighted by Gasteiger charge is -1.99. The van der Waals surface area contributed by atoms with E-state index in [2.05, 4.69) is 0 Å². The van der Waals surface area contributed by atoms with Crippen molar-refractivity contribution in [2.24, 2.45) is 0 Å². The summed E-state index contributed by atoms with van der Waals surface area (Å²) in [5.74, 6) is 0. The van der Waals surface area contributed by atoms with Crippen molar-refractivity contribution in [3.63, 3.8) is 0 Å². The molecule has 0 aliphatic rings. The van der Waals surface area contributed by atoms with E-state index in [4.69, 9.17) is 4.74 Å². The first-order valence-electron chi connectivity index (χ1n) is 3.98. The summed E-state index contributed by atoms with van der Waals surface area (Å²) in [4.78, 5) is 19.8. The second kappa shape index (κ2) is 5.08. The van der Waals surface area contributed by atoms with Crippen LogP contribution < -0.4 is 0 Å². The number of hydrogen-bond donors (Lipinski definition) is 0. The van der Waals surface area contributed by atoms with Gasteiger partial charge in [-0.1, -0.05) is 0 Å². The molecule has 0 bridgehead atoms. The van der Waals surface area contributed by atoms with Gasteiger partial charge in [-0.25, -0.2) is 0 Å². The van der Waals surface area contributed by atoms with Gasteiger partial charge in [0.05, 0.1) is 11.5 Å². The molecule has 0 spiro atoms. The van der Waals surface area contributed by atoms with Crippen LogP contribution in [0.15, 0.2) is 24.3 Å². The Kier molecular flexibility index (Phi) is 3.75. The summed E-state index contributed by atoms with van der Waals surface area (Å²) < 4.78 is 4.93. The maximum Gasteiger partial charge on any atom is 0.269 e. The van der Waals surface area contributed by atoms with Gasteiger partial charge >= 0.3 is 0 Å². The second-order valence-corrected chi connectivity index (χ2v) is 2.61. The molecule has 0 radical (unpaired) electrons. The van der Waals surface area contributed by atoms with Gasteiger partial charge in [-0.05, 0) is 17.7 Å². The van der Waals surface area contributed by atoms with Crippen molar-refractivity contribution in [3.8, 4) is 0 Å². The highest BCUT2D eigenvalue weighted by molar-refractivity contribution is 5.50. The van der Waals surface area contributed by atoms with E-state index in [9.17, 15) is 14.9 Å². The van der Waals surface area contributed by atoms with Crippen molar-refractivity contribution in [3.05, 3.63) is 39.9 Å². The van der Waals surface area contributed by atoms with Gasteiger partial charge in [-0.3, -0.25) is 10.1 Å². The standard InChI is InChI=1S/C9H9NO4/c11-5-6-14-7-8-1-3-9(4-2-8)10(12)13/h1-5H,6-7H2. The molecule has 0 fully saturated rings. The van der Waals surface area contributed by atoms with Gasteiger partial charge in [0.15, 0.2) is 0 Å². The Bertz CT molecular complexity index is 320. The van der Waals surface area contributed by atoms with Crippen LogP contribution in [0, 0.1) is 10.1 Å². The van der Waals surface area contributed by atoms with Crippen LogP contribution in [0.5, 0.6) is 0 Å². The quantitative estimate of drug-likeness (QED) is 0.307. The molecule has 0 unspecified atom stereocenters. The molecule has 1 rings (SSSR count). The predicted octanol–water partition coefficient (Wildman–Crippen LogP) is 1.31. The average molecular weight is 195 g/mol. The lowest BCUT2D eigenvalue weighted by Crippen LogP contribution is -1.96. The summed E-state index contributed by atoms with van der Waals surface area (Å²) in [6.45, 7) is 0.327. The van der Waals surface area contributed by atoms with E-state index >= 15 is 0 Å². The fraction of sp³-hybridized carbons (Fsp3) is 0.222. The van der Waals surface area contributed by atoms with Crippen molar-refractivity contribution in [2.45, 2.75) is 6.61 Å². The molecular formula is C9H9NO4. The minimum atomic E-state index is -0.462. The molecule has 0 saturated heterocycles. The van der Waals surface area contributed by atoms with Crippen LogP contribution in [0.3, 0.4) is 0 Å². The first kappa shape index (κ1) is 10.3. The monoisotopic (exact) mass is 195 g/mol. The number of nitro benzene ring substituents is 1. The number of carbonyl (C=O) groups excluding carboxylic acids is 1. The number of hydrogen-bond acceptors (Lipinski definition) is 4. The summed E-state index contributed by atoms with van der Waals surface area (Å²) in [5, 5.41) is 10.3. The van der Waals surface area contributed by atoms with Gasteiger partial charge in [-0.15, -0.1) is 0 Å². The zero-order chi connectivity index (χ0) is 10.4. The highest BCUT2D eigenvalue weighted by atomic mass is 16.6. The lowest BCUT2D eigenvalue weighted by atomic mass is 10.2. The van der Waals surface area contributed by atoms with Crippen LogP contribution in [-0.2, 0) is 16.1 Å². The van der Waals surface area contributed by atoms with Crippen molar-refractivity contribution in [2.75, 3.05) is 6.61 Å².